The lowest BCUT2D eigenvalue weighted by molar-refractivity contribution is 0.0659. The van der Waals surface area contributed by atoms with Gasteiger partial charge in [0.1, 0.15) is 0 Å². The highest BCUT2D eigenvalue weighted by Crippen LogP contribution is 2.22. The summed E-state index contributed by atoms with van der Waals surface area (Å²) in [6, 6.07) is 5.51. The third-order valence-corrected chi connectivity index (χ3v) is 4.23. The third kappa shape index (κ3) is 3.47. The topological polar surface area (TPSA) is 51.0 Å². The summed E-state index contributed by atoms with van der Waals surface area (Å²) in [4.78, 5) is 14.6. The van der Waals surface area contributed by atoms with Gasteiger partial charge in [-0.2, -0.15) is 0 Å². The number of aromatic nitrogens is 3. The highest BCUT2D eigenvalue weighted by atomic mass is 35.5. The zero-order valence-corrected chi connectivity index (χ0v) is 13.3. The van der Waals surface area contributed by atoms with Crippen LogP contribution in [0.15, 0.2) is 30.6 Å². The molecule has 0 saturated carbocycles. The largest absolute Gasteiger partial charge is 0.338 e. The molecule has 1 atom stereocenters. The Morgan fingerprint density at radius 1 is 1.41 bits per heavy atom. The molecule has 3 rings (SSSR count). The molecule has 5 nitrogen and oxygen atoms in total. The van der Waals surface area contributed by atoms with Crippen LogP contribution < -0.4 is 0 Å². The molecule has 1 aliphatic heterocycles. The Balaban J connectivity index is 1.69. The number of likely N-dealkylation sites (tertiary alicyclic amines) is 1. The molecule has 2 aromatic rings. The Morgan fingerprint density at radius 3 is 3.00 bits per heavy atom. The average molecular weight is 319 g/mol. The van der Waals surface area contributed by atoms with E-state index in [0.29, 0.717) is 16.5 Å². The lowest BCUT2D eigenvalue weighted by Gasteiger charge is -2.32. The van der Waals surface area contributed by atoms with E-state index < -0.39 is 0 Å². The summed E-state index contributed by atoms with van der Waals surface area (Å²) in [7, 11) is 0. The molecule has 1 aromatic carbocycles. The summed E-state index contributed by atoms with van der Waals surface area (Å²) >= 11 is 6.07. The van der Waals surface area contributed by atoms with Gasteiger partial charge in [0.25, 0.3) is 5.91 Å². The zero-order valence-electron chi connectivity index (χ0n) is 12.6. The molecule has 1 unspecified atom stereocenters. The van der Waals surface area contributed by atoms with E-state index in [1.54, 1.807) is 12.3 Å². The molecule has 0 aliphatic carbocycles. The first kappa shape index (κ1) is 15.0. The second-order valence-corrected chi connectivity index (χ2v) is 6.34. The van der Waals surface area contributed by atoms with Crippen LogP contribution in [0.5, 0.6) is 0 Å². The van der Waals surface area contributed by atoms with E-state index in [9.17, 15) is 4.79 Å². The van der Waals surface area contributed by atoms with Crippen LogP contribution >= 0.6 is 11.6 Å². The van der Waals surface area contributed by atoms with Gasteiger partial charge < -0.3 is 4.90 Å². The molecule has 1 saturated heterocycles. The molecule has 6 heteroatoms. The van der Waals surface area contributed by atoms with Crippen molar-refractivity contribution in [1.82, 2.24) is 19.9 Å². The molecule has 1 aliphatic rings. The van der Waals surface area contributed by atoms with Gasteiger partial charge in [0, 0.05) is 36.4 Å². The number of hydrogen-bond donors (Lipinski definition) is 0. The zero-order chi connectivity index (χ0) is 15.5. The first-order chi connectivity index (χ1) is 10.6. The maximum Gasteiger partial charge on any atom is 0.253 e. The van der Waals surface area contributed by atoms with Crippen molar-refractivity contribution in [3.63, 3.8) is 0 Å². The fourth-order valence-corrected chi connectivity index (χ4v) is 3.33. The minimum Gasteiger partial charge on any atom is -0.338 e. The summed E-state index contributed by atoms with van der Waals surface area (Å²) in [6.07, 6.45) is 5.67. The van der Waals surface area contributed by atoms with Crippen LogP contribution in [-0.4, -0.2) is 38.9 Å². The third-order valence-electron chi connectivity index (χ3n) is 4.01. The molecule has 0 radical (unpaired) electrons. The predicted octanol–water partition coefficient (Wildman–Crippen LogP) is 2.79. The molecular weight excluding hydrogens is 300 g/mol. The van der Waals surface area contributed by atoms with Gasteiger partial charge in [-0.15, -0.1) is 5.10 Å². The quantitative estimate of drug-likeness (QED) is 0.874. The van der Waals surface area contributed by atoms with Gasteiger partial charge >= 0.3 is 0 Å². The smallest absolute Gasteiger partial charge is 0.253 e. The lowest BCUT2D eigenvalue weighted by atomic mass is 9.97. The first-order valence-electron chi connectivity index (χ1n) is 7.52. The van der Waals surface area contributed by atoms with Gasteiger partial charge in [0.2, 0.25) is 0 Å². The summed E-state index contributed by atoms with van der Waals surface area (Å²) in [5, 5.41) is 8.44. The summed E-state index contributed by atoms with van der Waals surface area (Å²) in [5.41, 5.74) is 1.68. The highest BCUT2D eigenvalue weighted by molar-refractivity contribution is 6.31. The number of aryl methyl sites for hydroxylation is 1. The highest BCUT2D eigenvalue weighted by Gasteiger charge is 2.25. The number of piperidine rings is 1. The van der Waals surface area contributed by atoms with Gasteiger partial charge in [-0.3, -0.25) is 9.48 Å². The number of rotatable bonds is 3. The molecule has 2 heterocycles. The molecule has 0 bridgehead atoms. The van der Waals surface area contributed by atoms with Crippen LogP contribution in [0, 0.1) is 12.8 Å². The van der Waals surface area contributed by atoms with E-state index in [4.69, 9.17) is 11.6 Å². The van der Waals surface area contributed by atoms with Crippen molar-refractivity contribution in [2.75, 3.05) is 13.1 Å². The molecule has 1 fully saturated rings. The first-order valence-corrected chi connectivity index (χ1v) is 7.90. The van der Waals surface area contributed by atoms with Crippen molar-refractivity contribution in [2.45, 2.75) is 26.3 Å². The van der Waals surface area contributed by atoms with Crippen LogP contribution in [0.3, 0.4) is 0 Å². The monoisotopic (exact) mass is 318 g/mol. The Morgan fingerprint density at radius 2 is 2.27 bits per heavy atom. The number of hydrogen-bond acceptors (Lipinski definition) is 3. The van der Waals surface area contributed by atoms with Crippen molar-refractivity contribution in [1.29, 1.82) is 0 Å². The molecule has 116 valence electrons. The summed E-state index contributed by atoms with van der Waals surface area (Å²) < 4.78 is 1.84. The van der Waals surface area contributed by atoms with Gasteiger partial charge in [-0.25, -0.2) is 0 Å². The summed E-state index contributed by atoms with van der Waals surface area (Å²) in [6.45, 7) is 4.31. The maximum absolute atomic E-state index is 12.7. The van der Waals surface area contributed by atoms with Gasteiger partial charge in [-0.1, -0.05) is 16.8 Å². The van der Waals surface area contributed by atoms with E-state index in [1.165, 1.54) is 0 Å². The van der Waals surface area contributed by atoms with Crippen LogP contribution in [0.1, 0.15) is 28.8 Å². The Kier molecular flexibility index (Phi) is 4.43. The van der Waals surface area contributed by atoms with Crippen LogP contribution in [0.2, 0.25) is 5.02 Å². The predicted molar refractivity (Wildman–Crippen MR) is 84.8 cm³/mol. The molecule has 22 heavy (non-hydrogen) atoms. The molecule has 0 spiro atoms. The molecule has 0 N–H and O–H groups in total. The van der Waals surface area contributed by atoms with Crippen molar-refractivity contribution in [3.05, 3.63) is 46.7 Å². The van der Waals surface area contributed by atoms with Crippen LogP contribution in [-0.2, 0) is 6.54 Å². The van der Waals surface area contributed by atoms with E-state index in [0.717, 1.165) is 38.0 Å². The number of benzene rings is 1. The van der Waals surface area contributed by atoms with Crippen molar-refractivity contribution in [3.8, 4) is 0 Å². The standard InChI is InChI=1S/C16H19ClN4O/c1-12-7-14(9-15(17)8-12)16(22)20-5-2-3-13(10-20)11-21-6-4-18-19-21/h4,6-9,13H,2-3,5,10-11H2,1H3. The minimum absolute atomic E-state index is 0.0638. The van der Waals surface area contributed by atoms with Gasteiger partial charge in [-0.05, 0) is 49.4 Å². The Bertz CT molecular complexity index is 636. The number of halogens is 1. The van der Waals surface area contributed by atoms with Crippen LogP contribution in [0.4, 0.5) is 0 Å². The number of amides is 1. The van der Waals surface area contributed by atoms with Crippen molar-refractivity contribution >= 4 is 17.5 Å². The van der Waals surface area contributed by atoms with E-state index in [1.807, 2.05) is 34.8 Å². The van der Waals surface area contributed by atoms with Crippen LogP contribution in [0.25, 0.3) is 0 Å². The van der Waals surface area contributed by atoms with E-state index in [-0.39, 0.29) is 5.91 Å². The molecule has 1 amide bonds. The van der Waals surface area contributed by atoms with Crippen molar-refractivity contribution in [2.24, 2.45) is 5.92 Å². The van der Waals surface area contributed by atoms with Crippen molar-refractivity contribution < 1.29 is 4.79 Å². The Labute approximate surface area is 134 Å². The minimum atomic E-state index is 0.0638. The molecule has 1 aromatic heterocycles. The second kappa shape index (κ2) is 6.48. The number of carbonyl (C=O) groups excluding carboxylic acids is 1. The average Bonchev–Trinajstić information content (AvgIpc) is 2.98. The van der Waals surface area contributed by atoms with E-state index in [2.05, 4.69) is 10.3 Å². The normalized spacial score (nSPS) is 18.5. The SMILES string of the molecule is Cc1cc(Cl)cc(C(=O)N2CCCC(Cn3ccnn3)C2)c1. The molecular formula is C16H19ClN4O. The van der Waals surface area contributed by atoms with Gasteiger partial charge in [0.05, 0.1) is 6.20 Å². The number of nitrogens with zero attached hydrogens (tertiary/aromatic N) is 4. The maximum atomic E-state index is 12.7. The number of carbonyl (C=O) groups is 1. The fourth-order valence-electron chi connectivity index (χ4n) is 3.04. The van der Waals surface area contributed by atoms with E-state index >= 15 is 0 Å². The second-order valence-electron chi connectivity index (χ2n) is 5.90. The fraction of sp³-hybridized carbons (Fsp3) is 0.438. The lowest BCUT2D eigenvalue weighted by Crippen LogP contribution is -2.41. The summed E-state index contributed by atoms with van der Waals surface area (Å²) in [5.74, 6) is 0.480. The Hall–Kier alpha value is -1.88. The van der Waals surface area contributed by atoms with Gasteiger partial charge in [0.15, 0.2) is 0 Å².